The van der Waals surface area contributed by atoms with Crippen LogP contribution in [-0.4, -0.2) is 6.54 Å². The van der Waals surface area contributed by atoms with Crippen molar-refractivity contribution in [3.63, 3.8) is 0 Å². The lowest BCUT2D eigenvalue weighted by Crippen LogP contribution is -2.23. The van der Waals surface area contributed by atoms with E-state index >= 15 is 0 Å². The van der Waals surface area contributed by atoms with Gasteiger partial charge in [0.05, 0.1) is 10.0 Å². The number of nitrogens with one attached hydrogen (secondary N) is 1. The second kappa shape index (κ2) is 7.51. The van der Waals surface area contributed by atoms with Crippen LogP contribution >= 0.6 is 34.8 Å². The molecule has 1 unspecified atom stereocenters. The Labute approximate surface area is 141 Å². The van der Waals surface area contributed by atoms with E-state index in [1.54, 1.807) is 6.07 Å². The van der Waals surface area contributed by atoms with Gasteiger partial charge in [0.25, 0.3) is 0 Å². The van der Waals surface area contributed by atoms with Gasteiger partial charge < -0.3 is 5.32 Å². The predicted molar refractivity (Wildman–Crippen MR) is 92.8 cm³/mol. The highest BCUT2D eigenvalue weighted by molar-refractivity contribution is 6.42. The van der Waals surface area contributed by atoms with Gasteiger partial charge in [-0.25, -0.2) is 0 Å². The molecule has 0 aliphatic heterocycles. The number of rotatable bonds is 5. The summed E-state index contributed by atoms with van der Waals surface area (Å²) in [6.45, 7) is 5.00. The molecule has 1 nitrogen and oxygen atoms in total. The van der Waals surface area contributed by atoms with Gasteiger partial charge >= 0.3 is 0 Å². The lowest BCUT2D eigenvalue weighted by Gasteiger charge is -2.20. The molecule has 0 saturated heterocycles. The van der Waals surface area contributed by atoms with E-state index in [0.717, 1.165) is 34.7 Å². The van der Waals surface area contributed by atoms with Crippen LogP contribution < -0.4 is 5.32 Å². The summed E-state index contributed by atoms with van der Waals surface area (Å²) in [6, 6.07) is 12.0. The molecule has 0 saturated carbocycles. The second-order valence-electron chi connectivity index (χ2n) is 5.09. The van der Waals surface area contributed by atoms with Gasteiger partial charge in [0.15, 0.2) is 0 Å². The maximum Gasteiger partial charge on any atom is 0.0624 e. The molecule has 2 aromatic carbocycles. The molecule has 4 heteroatoms. The van der Waals surface area contributed by atoms with E-state index in [-0.39, 0.29) is 6.04 Å². The minimum Gasteiger partial charge on any atom is -0.310 e. The summed E-state index contributed by atoms with van der Waals surface area (Å²) in [5.41, 5.74) is 3.35. The Morgan fingerprint density at radius 1 is 1.10 bits per heavy atom. The Bertz CT molecular complexity index is 605. The van der Waals surface area contributed by atoms with Crippen molar-refractivity contribution in [2.24, 2.45) is 0 Å². The third-order valence-electron chi connectivity index (χ3n) is 3.37. The number of likely N-dealkylation sites (N-methyl/N-ethyl adjacent to an activating group) is 1. The lowest BCUT2D eigenvalue weighted by atomic mass is 9.97. The molecule has 0 heterocycles. The molecule has 2 aromatic rings. The van der Waals surface area contributed by atoms with Crippen molar-refractivity contribution < 1.29 is 0 Å². The Balaban J connectivity index is 2.32. The highest BCUT2D eigenvalue weighted by Crippen LogP contribution is 2.30. The van der Waals surface area contributed by atoms with Crippen molar-refractivity contribution >= 4 is 34.8 Å². The molecule has 21 heavy (non-hydrogen) atoms. The molecule has 112 valence electrons. The lowest BCUT2D eigenvalue weighted by molar-refractivity contribution is 0.549. The van der Waals surface area contributed by atoms with Crippen molar-refractivity contribution in [1.82, 2.24) is 5.32 Å². The van der Waals surface area contributed by atoms with E-state index in [0.29, 0.717) is 10.0 Å². The summed E-state index contributed by atoms with van der Waals surface area (Å²) in [5.74, 6) is 0. The summed E-state index contributed by atoms with van der Waals surface area (Å²) in [5, 5.41) is 5.46. The topological polar surface area (TPSA) is 12.0 Å². The normalized spacial score (nSPS) is 12.4. The average molecular weight is 343 g/mol. The molecule has 1 atom stereocenters. The van der Waals surface area contributed by atoms with Gasteiger partial charge in [-0.2, -0.15) is 0 Å². The predicted octanol–water partition coefficient (Wildman–Crippen LogP) is 5.85. The number of hydrogen-bond acceptors (Lipinski definition) is 1. The standard InChI is InChI=1S/C17H18Cl3N/c1-3-21-16(13-7-11(2)8-14(18)9-13)10-12-5-4-6-15(19)17(12)20/h4-9,16,21H,3,10H2,1-2H3. The first-order chi connectivity index (χ1) is 10.0. The monoisotopic (exact) mass is 341 g/mol. The summed E-state index contributed by atoms with van der Waals surface area (Å²) in [6.07, 6.45) is 0.771. The van der Waals surface area contributed by atoms with E-state index < -0.39 is 0 Å². The molecular formula is C17H18Cl3N. The van der Waals surface area contributed by atoms with Crippen LogP contribution in [0, 0.1) is 6.92 Å². The zero-order chi connectivity index (χ0) is 15.4. The molecule has 2 rings (SSSR count). The van der Waals surface area contributed by atoms with E-state index in [1.165, 1.54) is 0 Å². The summed E-state index contributed by atoms with van der Waals surface area (Å²) < 4.78 is 0. The first-order valence-electron chi connectivity index (χ1n) is 6.94. The van der Waals surface area contributed by atoms with Gasteiger partial charge in [-0.1, -0.05) is 59.9 Å². The van der Waals surface area contributed by atoms with Crippen molar-refractivity contribution in [3.05, 3.63) is 68.2 Å². The van der Waals surface area contributed by atoms with Crippen LogP contribution in [-0.2, 0) is 6.42 Å². The van der Waals surface area contributed by atoms with Crippen LogP contribution in [0.1, 0.15) is 29.7 Å². The molecule has 0 fully saturated rings. The van der Waals surface area contributed by atoms with E-state index in [4.69, 9.17) is 34.8 Å². The molecule has 0 aliphatic rings. The number of halogens is 3. The van der Waals surface area contributed by atoms with Gasteiger partial charge in [-0.05, 0) is 54.8 Å². The molecule has 0 amide bonds. The fourth-order valence-corrected chi connectivity index (χ4v) is 3.14. The zero-order valence-corrected chi connectivity index (χ0v) is 14.4. The first kappa shape index (κ1) is 16.6. The van der Waals surface area contributed by atoms with E-state index in [9.17, 15) is 0 Å². The Morgan fingerprint density at radius 3 is 2.52 bits per heavy atom. The maximum absolute atomic E-state index is 6.30. The Kier molecular flexibility index (Phi) is 5.95. The van der Waals surface area contributed by atoms with Crippen molar-refractivity contribution in [1.29, 1.82) is 0 Å². The van der Waals surface area contributed by atoms with Crippen molar-refractivity contribution in [2.75, 3.05) is 6.54 Å². The molecule has 0 aliphatic carbocycles. The fraction of sp³-hybridized carbons (Fsp3) is 0.294. The van der Waals surface area contributed by atoms with Crippen LogP contribution in [0.2, 0.25) is 15.1 Å². The van der Waals surface area contributed by atoms with Gasteiger partial charge in [0.1, 0.15) is 0 Å². The van der Waals surface area contributed by atoms with Crippen LogP contribution in [0.4, 0.5) is 0 Å². The van der Waals surface area contributed by atoms with Crippen LogP contribution in [0.25, 0.3) is 0 Å². The third kappa shape index (κ3) is 4.37. The number of benzene rings is 2. The second-order valence-corrected chi connectivity index (χ2v) is 6.31. The Hall–Kier alpha value is -0.730. The molecule has 1 N–H and O–H groups in total. The van der Waals surface area contributed by atoms with Crippen molar-refractivity contribution in [3.8, 4) is 0 Å². The molecular weight excluding hydrogens is 325 g/mol. The zero-order valence-electron chi connectivity index (χ0n) is 12.1. The first-order valence-corrected chi connectivity index (χ1v) is 8.08. The molecule has 0 spiro atoms. The smallest absolute Gasteiger partial charge is 0.0624 e. The van der Waals surface area contributed by atoms with Crippen LogP contribution in [0.3, 0.4) is 0 Å². The van der Waals surface area contributed by atoms with Gasteiger partial charge in [0.2, 0.25) is 0 Å². The number of hydrogen-bond donors (Lipinski definition) is 1. The Morgan fingerprint density at radius 2 is 1.86 bits per heavy atom. The van der Waals surface area contributed by atoms with E-state index in [2.05, 4.69) is 18.3 Å². The molecule has 0 aromatic heterocycles. The van der Waals surface area contributed by atoms with Gasteiger partial charge in [-0.3, -0.25) is 0 Å². The average Bonchev–Trinajstić information content (AvgIpc) is 2.42. The fourth-order valence-electron chi connectivity index (χ4n) is 2.45. The summed E-state index contributed by atoms with van der Waals surface area (Å²) >= 11 is 18.6. The highest BCUT2D eigenvalue weighted by Gasteiger charge is 2.15. The van der Waals surface area contributed by atoms with Gasteiger partial charge in [-0.15, -0.1) is 0 Å². The highest BCUT2D eigenvalue weighted by atomic mass is 35.5. The van der Waals surface area contributed by atoms with Crippen molar-refractivity contribution in [2.45, 2.75) is 26.3 Å². The SMILES string of the molecule is CCNC(Cc1cccc(Cl)c1Cl)c1cc(C)cc(Cl)c1. The maximum atomic E-state index is 6.30. The van der Waals surface area contributed by atoms with E-state index in [1.807, 2.05) is 31.2 Å². The summed E-state index contributed by atoms with van der Waals surface area (Å²) in [4.78, 5) is 0. The third-order valence-corrected chi connectivity index (χ3v) is 4.45. The quantitative estimate of drug-likeness (QED) is 0.719. The molecule has 0 bridgehead atoms. The minimum atomic E-state index is 0.156. The van der Waals surface area contributed by atoms with Crippen LogP contribution in [0.15, 0.2) is 36.4 Å². The largest absolute Gasteiger partial charge is 0.310 e. The van der Waals surface area contributed by atoms with Crippen LogP contribution in [0.5, 0.6) is 0 Å². The van der Waals surface area contributed by atoms with Gasteiger partial charge in [0, 0.05) is 11.1 Å². The minimum absolute atomic E-state index is 0.156. The number of aryl methyl sites for hydroxylation is 1. The summed E-state index contributed by atoms with van der Waals surface area (Å²) in [7, 11) is 0. The molecule has 0 radical (unpaired) electrons.